The molecule has 2 atom stereocenters. The molecule has 92 valence electrons. The van der Waals surface area contributed by atoms with Gasteiger partial charge in [0.05, 0.1) is 12.2 Å². The maximum absolute atomic E-state index is 12.0. The number of hydrogen-bond acceptors (Lipinski definition) is 3. The Morgan fingerprint density at radius 3 is 2.47 bits per heavy atom. The van der Waals surface area contributed by atoms with Gasteiger partial charge in [0.1, 0.15) is 0 Å². The van der Waals surface area contributed by atoms with Gasteiger partial charge >= 0.3 is 0 Å². The summed E-state index contributed by atoms with van der Waals surface area (Å²) in [6, 6.07) is 5.08. The van der Waals surface area contributed by atoms with Crippen LogP contribution in [0.1, 0.15) is 15.9 Å². The van der Waals surface area contributed by atoms with Crippen LogP contribution >= 0.6 is 11.6 Å². The van der Waals surface area contributed by atoms with E-state index in [-0.39, 0.29) is 19.0 Å². The highest BCUT2D eigenvalue weighted by Gasteiger charge is 2.32. The van der Waals surface area contributed by atoms with E-state index in [4.69, 9.17) is 11.6 Å². The van der Waals surface area contributed by atoms with E-state index in [1.807, 2.05) is 6.92 Å². The zero-order chi connectivity index (χ0) is 12.6. The van der Waals surface area contributed by atoms with Crippen LogP contribution in [-0.2, 0) is 0 Å². The van der Waals surface area contributed by atoms with Crippen molar-refractivity contribution in [3.63, 3.8) is 0 Å². The van der Waals surface area contributed by atoms with Crippen LogP contribution in [0.25, 0.3) is 0 Å². The molecule has 1 aromatic carbocycles. The number of halogens is 1. The monoisotopic (exact) mass is 255 g/mol. The first-order valence-corrected chi connectivity index (χ1v) is 5.78. The quantitative estimate of drug-likeness (QED) is 0.781. The molecule has 1 amide bonds. The molecule has 2 rings (SSSR count). The van der Waals surface area contributed by atoms with E-state index in [0.717, 1.165) is 5.56 Å². The lowest BCUT2D eigenvalue weighted by atomic mass is 10.1. The number of carbonyl (C=O) groups is 1. The normalized spacial score (nSPS) is 24.1. The molecular formula is C12H14ClNO3. The Balaban J connectivity index is 2.17. The minimum atomic E-state index is -0.861. The Morgan fingerprint density at radius 2 is 1.94 bits per heavy atom. The SMILES string of the molecule is Cc1ccc(C(=O)N2CC(O)C(O)C2)cc1Cl. The van der Waals surface area contributed by atoms with E-state index in [9.17, 15) is 15.0 Å². The molecule has 1 aliphatic heterocycles. The van der Waals surface area contributed by atoms with Crippen molar-refractivity contribution in [2.75, 3.05) is 13.1 Å². The second kappa shape index (κ2) is 4.64. The highest BCUT2D eigenvalue weighted by molar-refractivity contribution is 6.31. The average molecular weight is 256 g/mol. The number of amides is 1. The minimum Gasteiger partial charge on any atom is -0.388 e. The first kappa shape index (κ1) is 12.4. The third-order valence-corrected chi connectivity index (χ3v) is 3.37. The number of benzene rings is 1. The maximum Gasteiger partial charge on any atom is 0.254 e. The van der Waals surface area contributed by atoms with Gasteiger partial charge in [0, 0.05) is 23.7 Å². The molecule has 0 bridgehead atoms. The lowest BCUT2D eigenvalue weighted by Gasteiger charge is -2.15. The molecule has 2 unspecified atom stereocenters. The van der Waals surface area contributed by atoms with E-state index in [1.165, 1.54) is 4.90 Å². The second-order valence-corrected chi connectivity index (χ2v) is 4.72. The van der Waals surface area contributed by atoms with Crippen LogP contribution in [0.5, 0.6) is 0 Å². The molecule has 1 fully saturated rings. The molecule has 2 N–H and O–H groups in total. The summed E-state index contributed by atoms with van der Waals surface area (Å²) in [4.78, 5) is 13.5. The molecule has 1 aromatic rings. The van der Waals surface area contributed by atoms with Gasteiger partial charge in [0.2, 0.25) is 0 Å². The van der Waals surface area contributed by atoms with Crippen molar-refractivity contribution < 1.29 is 15.0 Å². The topological polar surface area (TPSA) is 60.8 Å². The van der Waals surface area contributed by atoms with Crippen molar-refractivity contribution in [1.82, 2.24) is 4.90 Å². The van der Waals surface area contributed by atoms with Gasteiger partial charge in [-0.1, -0.05) is 17.7 Å². The van der Waals surface area contributed by atoms with Crippen LogP contribution in [-0.4, -0.2) is 46.3 Å². The molecule has 4 nitrogen and oxygen atoms in total. The van der Waals surface area contributed by atoms with Gasteiger partial charge in [0.15, 0.2) is 0 Å². The molecule has 1 saturated heterocycles. The van der Waals surface area contributed by atoms with Gasteiger partial charge < -0.3 is 15.1 Å². The van der Waals surface area contributed by atoms with Crippen molar-refractivity contribution in [3.05, 3.63) is 34.3 Å². The number of rotatable bonds is 1. The minimum absolute atomic E-state index is 0.158. The number of aliphatic hydroxyl groups is 2. The lowest BCUT2D eigenvalue weighted by molar-refractivity contribution is 0.0572. The summed E-state index contributed by atoms with van der Waals surface area (Å²) in [6.07, 6.45) is -1.72. The van der Waals surface area contributed by atoms with E-state index >= 15 is 0 Å². The fraction of sp³-hybridized carbons (Fsp3) is 0.417. The van der Waals surface area contributed by atoms with Gasteiger partial charge in [-0.3, -0.25) is 4.79 Å². The van der Waals surface area contributed by atoms with Gasteiger partial charge in [-0.2, -0.15) is 0 Å². The summed E-state index contributed by atoms with van der Waals surface area (Å²) in [7, 11) is 0. The van der Waals surface area contributed by atoms with Crippen molar-refractivity contribution in [2.24, 2.45) is 0 Å². The Hall–Kier alpha value is -1.10. The smallest absolute Gasteiger partial charge is 0.254 e. The number of aryl methyl sites for hydroxylation is 1. The Bertz CT molecular complexity index is 439. The molecule has 0 aromatic heterocycles. The van der Waals surface area contributed by atoms with Crippen LogP contribution in [0, 0.1) is 6.92 Å². The van der Waals surface area contributed by atoms with Crippen molar-refractivity contribution in [3.8, 4) is 0 Å². The number of aliphatic hydroxyl groups excluding tert-OH is 2. The van der Waals surface area contributed by atoms with Crippen LogP contribution in [0.3, 0.4) is 0 Å². The lowest BCUT2D eigenvalue weighted by Crippen LogP contribution is -2.29. The summed E-state index contributed by atoms with van der Waals surface area (Å²) in [5.41, 5.74) is 1.38. The fourth-order valence-electron chi connectivity index (χ4n) is 1.84. The largest absolute Gasteiger partial charge is 0.388 e. The predicted molar refractivity (Wildman–Crippen MR) is 64.1 cm³/mol. The first-order valence-electron chi connectivity index (χ1n) is 5.40. The van der Waals surface area contributed by atoms with Crippen molar-refractivity contribution in [2.45, 2.75) is 19.1 Å². The Labute approximate surface area is 104 Å². The fourth-order valence-corrected chi connectivity index (χ4v) is 2.02. The number of nitrogens with zero attached hydrogens (tertiary/aromatic N) is 1. The van der Waals surface area contributed by atoms with Crippen LogP contribution in [0.15, 0.2) is 18.2 Å². The summed E-state index contributed by atoms with van der Waals surface area (Å²) >= 11 is 5.95. The molecule has 1 aliphatic rings. The van der Waals surface area contributed by atoms with E-state index in [0.29, 0.717) is 10.6 Å². The number of β-amino-alcohol motifs (C(OH)–C–C–N with tert-alkyl or cyclic N) is 2. The second-order valence-electron chi connectivity index (χ2n) is 4.31. The Kier molecular flexibility index (Phi) is 3.38. The molecule has 0 radical (unpaired) electrons. The molecule has 17 heavy (non-hydrogen) atoms. The number of likely N-dealkylation sites (tertiary alicyclic amines) is 1. The first-order chi connectivity index (χ1) is 7.99. The zero-order valence-corrected chi connectivity index (χ0v) is 10.2. The molecule has 0 saturated carbocycles. The van der Waals surface area contributed by atoms with Crippen LogP contribution < -0.4 is 0 Å². The zero-order valence-electron chi connectivity index (χ0n) is 9.43. The third-order valence-electron chi connectivity index (χ3n) is 2.97. The average Bonchev–Trinajstić information content (AvgIpc) is 2.62. The third kappa shape index (κ3) is 2.44. The Morgan fingerprint density at radius 1 is 1.35 bits per heavy atom. The summed E-state index contributed by atoms with van der Waals surface area (Å²) in [5, 5.41) is 19.3. The van der Waals surface area contributed by atoms with E-state index in [1.54, 1.807) is 18.2 Å². The van der Waals surface area contributed by atoms with Crippen LogP contribution in [0.2, 0.25) is 5.02 Å². The molecular weight excluding hydrogens is 242 g/mol. The maximum atomic E-state index is 12.0. The van der Waals surface area contributed by atoms with Gasteiger partial charge in [-0.15, -0.1) is 0 Å². The summed E-state index contributed by atoms with van der Waals surface area (Å²) in [6.45, 7) is 2.18. The number of hydrogen-bond donors (Lipinski definition) is 2. The summed E-state index contributed by atoms with van der Waals surface area (Å²) < 4.78 is 0. The van der Waals surface area contributed by atoms with Gasteiger partial charge in [-0.05, 0) is 24.6 Å². The molecule has 1 heterocycles. The highest BCUT2D eigenvalue weighted by atomic mass is 35.5. The molecule has 5 heteroatoms. The van der Waals surface area contributed by atoms with Gasteiger partial charge in [0.25, 0.3) is 5.91 Å². The van der Waals surface area contributed by atoms with Crippen LogP contribution in [0.4, 0.5) is 0 Å². The highest BCUT2D eigenvalue weighted by Crippen LogP contribution is 2.20. The van der Waals surface area contributed by atoms with E-state index in [2.05, 4.69) is 0 Å². The van der Waals surface area contributed by atoms with Crippen molar-refractivity contribution in [1.29, 1.82) is 0 Å². The molecule has 0 spiro atoms. The molecule has 0 aliphatic carbocycles. The van der Waals surface area contributed by atoms with E-state index < -0.39 is 12.2 Å². The predicted octanol–water partition coefficient (Wildman–Crippen LogP) is 0.826. The number of carbonyl (C=O) groups excluding carboxylic acids is 1. The van der Waals surface area contributed by atoms with Crippen molar-refractivity contribution >= 4 is 17.5 Å². The van der Waals surface area contributed by atoms with Gasteiger partial charge in [-0.25, -0.2) is 0 Å². The standard InChI is InChI=1S/C12H14ClNO3/c1-7-2-3-8(4-9(7)13)12(17)14-5-10(15)11(16)6-14/h2-4,10-11,15-16H,5-6H2,1H3. The summed E-state index contributed by atoms with van der Waals surface area (Å²) in [5.74, 6) is -0.220.